The molecule has 0 aliphatic rings. The van der Waals surface area contributed by atoms with E-state index in [0.29, 0.717) is 0 Å². The minimum atomic E-state index is 0.854. The van der Waals surface area contributed by atoms with E-state index in [9.17, 15) is 0 Å². The summed E-state index contributed by atoms with van der Waals surface area (Å²) in [4.78, 5) is 0. The maximum Gasteiger partial charge on any atom is 0.118 e. The van der Waals surface area contributed by atoms with Crippen molar-refractivity contribution in [2.24, 2.45) is 0 Å². The second-order valence-corrected chi connectivity index (χ2v) is 9.05. The van der Waals surface area contributed by atoms with E-state index in [1.807, 2.05) is 12.1 Å². The van der Waals surface area contributed by atoms with Crippen LogP contribution in [0, 0.1) is 3.57 Å². The van der Waals surface area contributed by atoms with Gasteiger partial charge in [0, 0.05) is 3.57 Å². The van der Waals surface area contributed by atoms with Crippen LogP contribution in [0.25, 0.3) is 21.9 Å². The van der Waals surface area contributed by atoms with Crippen LogP contribution in [0.5, 0.6) is 5.75 Å². The molecule has 160 valence electrons. The predicted molar refractivity (Wildman–Crippen MR) is 148 cm³/mol. The molecule has 5 aromatic rings. The number of halogens is 1. The molecule has 0 fully saturated rings. The quantitative estimate of drug-likeness (QED) is 0.161. The number of hydrogen-bond acceptors (Lipinski definition) is 1. The molecule has 0 aliphatic heterocycles. The topological polar surface area (TPSA) is 9.23 Å². The molecule has 0 N–H and O–H groups in total. The fourth-order valence-corrected chi connectivity index (χ4v) is 5.02. The first-order valence-electron chi connectivity index (χ1n) is 10.9. The van der Waals surface area contributed by atoms with Crippen LogP contribution in [0.15, 0.2) is 121 Å². The molecule has 5 aromatic carbocycles. The highest BCUT2D eigenvalue weighted by Gasteiger charge is 2.18. The summed E-state index contributed by atoms with van der Waals surface area (Å²) in [6.45, 7) is 0. The average molecular weight is 538 g/mol. The Labute approximate surface area is 208 Å². The molecule has 0 amide bonds. The smallest absolute Gasteiger partial charge is 0.118 e. The van der Waals surface area contributed by atoms with Gasteiger partial charge in [-0.3, -0.25) is 0 Å². The van der Waals surface area contributed by atoms with E-state index in [2.05, 4.69) is 132 Å². The Balaban J connectivity index is 1.90. The van der Waals surface area contributed by atoms with Gasteiger partial charge < -0.3 is 4.74 Å². The van der Waals surface area contributed by atoms with Gasteiger partial charge >= 0.3 is 0 Å². The van der Waals surface area contributed by atoms with Gasteiger partial charge in [-0.2, -0.15) is 0 Å². The summed E-state index contributed by atoms with van der Waals surface area (Å²) in [5.74, 6) is 0.854. The number of ether oxygens (including phenoxy) is 1. The number of hydrogen-bond donors (Lipinski definition) is 0. The molecule has 0 heterocycles. The highest BCUT2D eigenvalue weighted by molar-refractivity contribution is 14.1. The Morgan fingerprint density at radius 1 is 0.545 bits per heavy atom. The molecule has 0 unspecified atom stereocenters. The zero-order valence-electron chi connectivity index (χ0n) is 18.3. The van der Waals surface area contributed by atoms with Crippen LogP contribution in [-0.2, 0) is 0 Å². The minimum Gasteiger partial charge on any atom is -0.497 e. The summed E-state index contributed by atoms with van der Waals surface area (Å²) in [5.41, 5.74) is 7.20. The molecule has 2 heteroatoms. The molecule has 0 spiro atoms. The van der Waals surface area contributed by atoms with Gasteiger partial charge in [0.15, 0.2) is 0 Å². The monoisotopic (exact) mass is 538 g/mol. The van der Waals surface area contributed by atoms with Gasteiger partial charge in [0.25, 0.3) is 0 Å². The maximum absolute atomic E-state index is 5.45. The maximum atomic E-state index is 5.45. The zero-order chi connectivity index (χ0) is 22.6. The number of benzene rings is 5. The Morgan fingerprint density at radius 2 is 1.03 bits per heavy atom. The lowest BCUT2D eigenvalue weighted by atomic mass is 9.85. The first-order chi connectivity index (χ1) is 16.2. The van der Waals surface area contributed by atoms with Crippen molar-refractivity contribution < 1.29 is 4.74 Å². The molecule has 0 saturated carbocycles. The summed E-state index contributed by atoms with van der Waals surface area (Å²) in [6, 6.07) is 42.9. The van der Waals surface area contributed by atoms with E-state index < -0.39 is 0 Å². The lowest BCUT2D eigenvalue weighted by molar-refractivity contribution is 0.415. The minimum absolute atomic E-state index is 0.854. The standard InChI is InChI=1S/C31H23IO/c1-33-27-18-16-24(17-19-27)31(28-20-25-14-8-9-15-26(25)21-29(28)32)30(22-10-4-2-5-11-22)23-12-6-3-7-13-23/h2-21H,1H3. The van der Waals surface area contributed by atoms with E-state index in [-0.39, 0.29) is 0 Å². The van der Waals surface area contributed by atoms with E-state index >= 15 is 0 Å². The van der Waals surface area contributed by atoms with E-state index in [4.69, 9.17) is 4.74 Å². The van der Waals surface area contributed by atoms with Crippen molar-refractivity contribution in [1.29, 1.82) is 0 Å². The Kier molecular flexibility index (Phi) is 6.27. The highest BCUT2D eigenvalue weighted by Crippen LogP contribution is 2.40. The largest absolute Gasteiger partial charge is 0.497 e. The molecular formula is C31H23IO. The Bertz CT molecular complexity index is 1380. The fraction of sp³-hybridized carbons (Fsp3) is 0.0323. The van der Waals surface area contributed by atoms with Gasteiger partial charge in [-0.05, 0) is 91.0 Å². The van der Waals surface area contributed by atoms with Crippen molar-refractivity contribution in [1.82, 2.24) is 0 Å². The molecule has 1 nitrogen and oxygen atoms in total. The van der Waals surface area contributed by atoms with Crippen molar-refractivity contribution in [3.63, 3.8) is 0 Å². The third-order valence-corrected chi connectivity index (χ3v) is 6.75. The summed E-state index contributed by atoms with van der Waals surface area (Å²) in [7, 11) is 1.71. The fourth-order valence-electron chi connectivity index (χ4n) is 4.26. The van der Waals surface area contributed by atoms with Crippen LogP contribution in [0.4, 0.5) is 0 Å². The highest BCUT2D eigenvalue weighted by atomic mass is 127. The number of methoxy groups -OCH3 is 1. The van der Waals surface area contributed by atoms with Crippen molar-refractivity contribution in [3.8, 4) is 5.75 Å². The number of fused-ring (bicyclic) bond motifs is 1. The second kappa shape index (κ2) is 9.63. The molecule has 0 radical (unpaired) electrons. The molecular weight excluding hydrogens is 515 g/mol. The SMILES string of the molecule is COc1ccc(C(=C(c2ccccc2)c2ccccc2)c2cc3ccccc3cc2I)cc1. The molecule has 0 saturated heterocycles. The summed E-state index contributed by atoms with van der Waals surface area (Å²) in [5, 5.41) is 2.49. The van der Waals surface area contributed by atoms with Crippen molar-refractivity contribution in [3.05, 3.63) is 147 Å². The predicted octanol–water partition coefficient (Wildman–Crippen LogP) is 8.46. The van der Waals surface area contributed by atoms with Gasteiger partial charge in [-0.1, -0.05) is 97.1 Å². The lowest BCUT2D eigenvalue weighted by Gasteiger charge is -2.20. The lowest BCUT2D eigenvalue weighted by Crippen LogP contribution is -1.99. The van der Waals surface area contributed by atoms with Crippen LogP contribution < -0.4 is 4.74 Å². The van der Waals surface area contributed by atoms with Gasteiger partial charge in [0.1, 0.15) is 5.75 Å². The molecule has 0 aliphatic carbocycles. The average Bonchev–Trinajstić information content (AvgIpc) is 2.88. The summed E-state index contributed by atoms with van der Waals surface area (Å²) >= 11 is 2.48. The van der Waals surface area contributed by atoms with E-state index in [1.165, 1.54) is 42.2 Å². The summed E-state index contributed by atoms with van der Waals surface area (Å²) < 4.78 is 6.67. The van der Waals surface area contributed by atoms with Gasteiger partial charge in [-0.15, -0.1) is 0 Å². The molecule has 0 aromatic heterocycles. The van der Waals surface area contributed by atoms with Crippen LogP contribution in [0.3, 0.4) is 0 Å². The molecule has 0 atom stereocenters. The van der Waals surface area contributed by atoms with E-state index in [1.54, 1.807) is 7.11 Å². The zero-order valence-corrected chi connectivity index (χ0v) is 20.5. The number of rotatable bonds is 5. The first kappa shape index (κ1) is 21.5. The van der Waals surface area contributed by atoms with E-state index in [0.717, 1.165) is 11.3 Å². The van der Waals surface area contributed by atoms with Crippen molar-refractivity contribution in [2.75, 3.05) is 7.11 Å². The van der Waals surface area contributed by atoms with Crippen molar-refractivity contribution >= 4 is 44.5 Å². The van der Waals surface area contributed by atoms with Crippen LogP contribution >= 0.6 is 22.6 Å². The third-order valence-electron chi connectivity index (χ3n) is 5.86. The Morgan fingerprint density at radius 3 is 1.58 bits per heavy atom. The van der Waals surface area contributed by atoms with Crippen LogP contribution in [0.2, 0.25) is 0 Å². The van der Waals surface area contributed by atoms with Gasteiger partial charge in [0.2, 0.25) is 0 Å². The molecule has 33 heavy (non-hydrogen) atoms. The normalized spacial score (nSPS) is 10.7. The van der Waals surface area contributed by atoms with Gasteiger partial charge in [-0.25, -0.2) is 0 Å². The molecule has 0 bridgehead atoms. The Hall–Kier alpha value is -3.37. The second-order valence-electron chi connectivity index (χ2n) is 7.89. The summed E-state index contributed by atoms with van der Waals surface area (Å²) in [6.07, 6.45) is 0. The van der Waals surface area contributed by atoms with Crippen molar-refractivity contribution in [2.45, 2.75) is 0 Å². The van der Waals surface area contributed by atoms with Crippen LogP contribution in [0.1, 0.15) is 22.3 Å². The third kappa shape index (κ3) is 4.44. The first-order valence-corrected chi connectivity index (χ1v) is 12.0. The van der Waals surface area contributed by atoms with Crippen LogP contribution in [-0.4, -0.2) is 7.11 Å². The molecule has 5 rings (SSSR count). The van der Waals surface area contributed by atoms with Gasteiger partial charge in [0.05, 0.1) is 7.11 Å².